The molecule has 0 fully saturated rings. The molecule has 6 aromatic carbocycles. The summed E-state index contributed by atoms with van der Waals surface area (Å²) in [5.41, 5.74) is 15.8. The van der Waals surface area contributed by atoms with E-state index in [9.17, 15) is 9.90 Å². The normalized spacial score (nSPS) is 12.1. The first kappa shape index (κ1) is 45.1. The standard InChI is InChI=1S/C59H57N5O2/c1-38-12-21-47(22-13-38)64(49-25-18-45(19-26-49)59(8,9)55-29-15-39(2)34-43(55)36-52(41(4)65)42(5)66)48-23-16-44(17-24-48)58(6,7)46-20-28-51(54(37-46)57-62-32-11-33-63-57)50-27-14-40(3)35-53(50)56-60-30-10-31-61-56/h10-35,37,65H,36H2,1-9H3/b52-41-. The van der Waals surface area contributed by atoms with E-state index in [-0.39, 0.29) is 17.0 Å². The molecule has 8 aromatic rings. The van der Waals surface area contributed by atoms with Crippen molar-refractivity contribution >= 4 is 22.8 Å². The summed E-state index contributed by atoms with van der Waals surface area (Å²) in [6.45, 7) is 18.3. The molecular formula is C59H57N5O2. The van der Waals surface area contributed by atoms with E-state index >= 15 is 0 Å². The SMILES string of the molecule is CC(=O)/C(Cc1cc(C)ccc1C(C)(C)c1ccc(N(c2ccc(C)cc2)c2ccc(C(C)(C)c3ccc(-c4ccc(C)cc4-c4ncccn4)c(-c4ncccn4)c3)cc2)cc1)=C(/C)O. The van der Waals surface area contributed by atoms with Gasteiger partial charge in [-0.1, -0.05) is 123 Å². The Bertz CT molecular complexity index is 3040. The van der Waals surface area contributed by atoms with Crippen LogP contribution in [0.3, 0.4) is 0 Å². The second-order valence-corrected chi connectivity index (χ2v) is 18.4. The van der Waals surface area contributed by atoms with Crippen LogP contribution in [0.1, 0.15) is 86.1 Å². The fourth-order valence-corrected chi connectivity index (χ4v) is 9.00. The van der Waals surface area contributed by atoms with E-state index < -0.39 is 5.41 Å². The monoisotopic (exact) mass is 867 g/mol. The van der Waals surface area contributed by atoms with Crippen LogP contribution >= 0.6 is 0 Å². The number of allylic oxidation sites excluding steroid dienone is 2. The second kappa shape index (κ2) is 18.5. The van der Waals surface area contributed by atoms with Gasteiger partial charge in [-0.05, 0) is 134 Å². The number of aliphatic hydroxyl groups is 1. The van der Waals surface area contributed by atoms with Crippen LogP contribution in [0.5, 0.6) is 0 Å². The number of aromatic nitrogens is 4. The molecule has 2 aromatic heterocycles. The minimum Gasteiger partial charge on any atom is -0.512 e. The molecule has 0 atom stereocenters. The first-order chi connectivity index (χ1) is 31.6. The maximum atomic E-state index is 12.5. The van der Waals surface area contributed by atoms with Crippen molar-refractivity contribution in [1.82, 2.24) is 19.9 Å². The number of hydrogen-bond donors (Lipinski definition) is 1. The average molecular weight is 868 g/mol. The van der Waals surface area contributed by atoms with Crippen molar-refractivity contribution in [2.45, 2.75) is 79.6 Å². The van der Waals surface area contributed by atoms with Gasteiger partial charge in [-0.2, -0.15) is 0 Å². The summed E-state index contributed by atoms with van der Waals surface area (Å²) in [5, 5.41) is 10.4. The number of anilines is 3. The Kier molecular flexibility index (Phi) is 12.7. The average Bonchev–Trinajstić information content (AvgIpc) is 3.32. The van der Waals surface area contributed by atoms with Crippen molar-refractivity contribution in [3.63, 3.8) is 0 Å². The summed E-state index contributed by atoms with van der Waals surface area (Å²) in [4.78, 5) is 33.6. The molecule has 0 saturated carbocycles. The Morgan fingerprint density at radius 3 is 1.44 bits per heavy atom. The lowest BCUT2D eigenvalue weighted by molar-refractivity contribution is -0.113. The van der Waals surface area contributed by atoms with E-state index in [0.29, 0.717) is 23.6 Å². The van der Waals surface area contributed by atoms with Gasteiger partial charge in [0.1, 0.15) is 0 Å². The Hall–Kier alpha value is -7.51. The minimum atomic E-state index is -0.391. The number of benzene rings is 6. The van der Waals surface area contributed by atoms with Gasteiger partial charge in [0.25, 0.3) is 0 Å². The molecule has 0 aliphatic rings. The van der Waals surface area contributed by atoms with E-state index in [0.717, 1.165) is 72.7 Å². The number of aryl methyl sites for hydroxylation is 3. The van der Waals surface area contributed by atoms with Gasteiger partial charge in [-0.25, -0.2) is 19.9 Å². The summed E-state index contributed by atoms with van der Waals surface area (Å²) in [5.74, 6) is 1.27. The zero-order valence-corrected chi connectivity index (χ0v) is 39.4. The number of hydrogen-bond acceptors (Lipinski definition) is 7. The van der Waals surface area contributed by atoms with Gasteiger partial charge in [-0.3, -0.25) is 4.79 Å². The highest BCUT2D eigenvalue weighted by Gasteiger charge is 2.29. The van der Waals surface area contributed by atoms with Crippen LogP contribution in [0, 0.1) is 20.8 Å². The predicted octanol–water partition coefficient (Wildman–Crippen LogP) is 14.3. The number of aliphatic hydroxyl groups excluding tert-OH is 1. The van der Waals surface area contributed by atoms with E-state index in [4.69, 9.17) is 9.97 Å². The highest BCUT2D eigenvalue weighted by Crippen LogP contribution is 2.43. The van der Waals surface area contributed by atoms with Crippen LogP contribution in [-0.4, -0.2) is 30.8 Å². The summed E-state index contributed by atoms with van der Waals surface area (Å²) < 4.78 is 0. The van der Waals surface area contributed by atoms with Crippen molar-refractivity contribution in [2.75, 3.05) is 4.90 Å². The van der Waals surface area contributed by atoms with Crippen LogP contribution < -0.4 is 4.90 Å². The van der Waals surface area contributed by atoms with Crippen LogP contribution in [0.4, 0.5) is 17.1 Å². The number of ketones is 1. The largest absolute Gasteiger partial charge is 0.512 e. The third-order valence-corrected chi connectivity index (χ3v) is 13.0. The highest BCUT2D eigenvalue weighted by molar-refractivity contribution is 5.94. The number of carbonyl (C=O) groups excluding carboxylic acids is 1. The summed E-state index contributed by atoms with van der Waals surface area (Å²) in [6.07, 6.45) is 7.51. The maximum Gasteiger partial charge on any atom is 0.159 e. The lowest BCUT2D eigenvalue weighted by Gasteiger charge is -2.31. The molecule has 7 heteroatoms. The van der Waals surface area contributed by atoms with Gasteiger partial charge in [0, 0.05) is 75.8 Å². The molecule has 330 valence electrons. The third-order valence-electron chi connectivity index (χ3n) is 13.0. The number of carbonyl (C=O) groups is 1. The van der Waals surface area contributed by atoms with Crippen LogP contribution in [0.25, 0.3) is 33.9 Å². The van der Waals surface area contributed by atoms with Gasteiger partial charge < -0.3 is 10.0 Å². The van der Waals surface area contributed by atoms with E-state index in [1.165, 1.54) is 18.1 Å². The van der Waals surface area contributed by atoms with Gasteiger partial charge in [-0.15, -0.1) is 0 Å². The Morgan fingerprint density at radius 1 is 0.500 bits per heavy atom. The fourth-order valence-electron chi connectivity index (χ4n) is 9.00. The Balaban J connectivity index is 1.15. The smallest absolute Gasteiger partial charge is 0.159 e. The zero-order valence-electron chi connectivity index (χ0n) is 39.4. The molecule has 7 nitrogen and oxygen atoms in total. The van der Waals surface area contributed by atoms with Crippen LogP contribution in [0.15, 0.2) is 176 Å². The lowest BCUT2D eigenvalue weighted by Crippen LogP contribution is -2.22. The van der Waals surface area contributed by atoms with Crippen LogP contribution in [-0.2, 0) is 22.0 Å². The van der Waals surface area contributed by atoms with Crippen molar-refractivity contribution < 1.29 is 9.90 Å². The van der Waals surface area contributed by atoms with E-state index in [1.54, 1.807) is 31.7 Å². The molecule has 0 aliphatic carbocycles. The molecule has 0 unspecified atom stereocenters. The van der Waals surface area contributed by atoms with Gasteiger partial charge in [0.2, 0.25) is 0 Å². The molecule has 0 aliphatic heterocycles. The van der Waals surface area contributed by atoms with Crippen molar-refractivity contribution in [1.29, 1.82) is 0 Å². The topological polar surface area (TPSA) is 92.1 Å². The molecule has 0 bridgehead atoms. The van der Waals surface area contributed by atoms with Gasteiger partial charge >= 0.3 is 0 Å². The summed E-state index contributed by atoms with van der Waals surface area (Å²) >= 11 is 0. The second-order valence-electron chi connectivity index (χ2n) is 18.4. The maximum absolute atomic E-state index is 12.5. The third kappa shape index (κ3) is 9.20. The molecule has 0 radical (unpaired) electrons. The van der Waals surface area contributed by atoms with E-state index in [2.05, 4.69) is 191 Å². The van der Waals surface area contributed by atoms with Crippen molar-refractivity contribution in [3.8, 4) is 33.9 Å². The first-order valence-corrected chi connectivity index (χ1v) is 22.5. The zero-order chi connectivity index (χ0) is 46.8. The molecule has 0 saturated heterocycles. The quantitative estimate of drug-likeness (QED) is 0.0911. The summed E-state index contributed by atoms with van der Waals surface area (Å²) in [7, 11) is 0. The number of Topliss-reactive ketones (excluding diaryl/α,β-unsaturated/α-hetero) is 1. The predicted molar refractivity (Wildman–Crippen MR) is 270 cm³/mol. The fraction of sp³-hybridized carbons (Fsp3) is 0.203. The molecule has 66 heavy (non-hydrogen) atoms. The molecule has 0 spiro atoms. The van der Waals surface area contributed by atoms with Crippen molar-refractivity contribution in [2.24, 2.45) is 0 Å². The molecule has 2 heterocycles. The first-order valence-electron chi connectivity index (χ1n) is 22.5. The summed E-state index contributed by atoms with van der Waals surface area (Å²) in [6, 6.07) is 49.5. The number of nitrogens with zero attached hydrogens (tertiary/aromatic N) is 5. The van der Waals surface area contributed by atoms with Crippen molar-refractivity contribution in [3.05, 3.63) is 220 Å². The minimum absolute atomic E-state index is 0.0683. The lowest BCUT2D eigenvalue weighted by atomic mass is 9.74. The van der Waals surface area contributed by atoms with Gasteiger partial charge in [0.05, 0.1) is 5.76 Å². The molecule has 8 rings (SSSR count). The molecule has 1 N–H and O–H groups in total. The highest BCUT2D eigenvalue weighted by atomic mass is 16.3. The number of rotatable bonds is 13. The Morgan fingerprint density at radius 2 is 0.924 bits per heavy atom. The van der Waals surface area contributed by atoms with Gasteiger partial charge in [0.15, 0.2) is 17.4 Å². The van der Waals surface area contributed by atoms with E-state index in [1.807, 2.05) is 12.1 Å². The van der Waals surface area contributed by atoms with Crippen LogP contribution in [0.2, 0.25) is 0 Å². The molecular weight excluding hydrogens is 811 g/mol. The molecule has 0 amide bonds. The Labute approximate surface area is 389 Å².